The third kappa shape index (κ3) is 4.96. The molecule has 0 atom stereocenters. The first-order valence-corrected chi connectivity index (χ1v) is 8.48. The highest BCUT2D eigenvalue weighted by Gasteiger charge is 2.31. The van der Waals surface area contributed by atoms with Gasteiger partial charge in [-0.1, -0.05) is 24.3 Å². The van der Waals surface area contributed by atoms with E-state index in [4.69, 9.17) is 4.74 Å². The van der Waals surface area contributed by atoms with Gasteiger partial charge < -0.3 is 14.5 Å². The lowest BCUT2D eigenvalue weighted by Crippen LogP contribution is -2.16. The Morgan fingerprint density at radius 1 is 1.03 bits per heavy atom. The van der Waals surface area contributed by atoms with Crippen molar-refractivity contribution in [2.75, 3.05) is 0 Å². The number of hydrogen-bond donors (Lipinski definition) is 1. The molecule has 0 fully saturated rings. The maximum Gasteiger partial charge on any atom is 0.573 e. The molecule has 1 aromatic heterocycles. The second-order valence-corrected chi connectivity index (χ2v) is 6.15. The van der Waals surface area contributed by atoms with E-state index in [-0.39, 0.29) is 17.9 Å². The lowest BCUT2D eigenvalue weighted by molar-refractivity contribution is -0.274. The zero-order chi connectivity index (χ0) is 21.0. The Morgan fingerprint density at radius 2 is 1.69 bits per heavy atom. The van der Waals surface area contributed by atoms with Gasteiger partial charge in [-0.3, -0.25) is 4.79 Å². The Balaban J connectivity index is 1.85. The van der Waals surface area contributed by atoms with E-state index in [9.17, 15) is 23.2 Å². The molecule has 0 aliphatic carbocycles. The van der Waals surface area contributed by atoms with Gasteiger partial charge in [0.15, 0.2) is 0 Å². The summed E-state index contributed by atoms with van der Waals surface area (Å²) in [6.07, 6.45) is -4.76. The van der Waals surface area contributed by atoms with Crippen molar-refractivity contribution in [3.8, 4) is 28.7 Å². The average Bonchev–Trinajstić information content (AvgIpc) is 2.66. The first kappa shape index (κ1) is 20.0. The molecule has 29 heavy (non-hydrogen) atoms. The number of ether oxygens (including phenoxy) is 2. The van der Waals surface area contributed by atoms with Gasteiger partial charge in [0.05, 0.1) is 0 Å². The SMILES string of the molecule is Cc1cc(-c2ccccc2COc2ccc(OC(F)(F)F)cc2)c(C#N)c(=O)[nH]1. The van der Waals surface area contributed by atoms with Crippen molar-refractivity contribution in [3.63, 3.8) is 0 Å². The number of rotatable bonds is 5. The Kier molecular flexibility index (Phi) is 5.59. The third-order valence-electron chi connectivity index (χ3n) is 4.04. The van der Waals surface area contributed by atoms with Crippen molar-refractivity contribution in [3.05, 3.63) is 81.8 Å². The molecule has 5 nitrogen and oxygen atoms in total. The predicted octanol–water partition coefficient (Wildman–Crippen LogP) is 4.70. The minimum atomic E-state index is -4.76. The molecule has 0 bridgehead atoms. The molecule has 0 amide bonds. The average molecular weight is 400 g/mol. The van der Waals surface area contributed by atoms with Crippen molar-refractivity contribution in [2.45, 2.75) is 19.9 Å². The number of nitrogens with zero attached hydrogens (tertiary/aromatic N) is 1. The second-order valence-electron chi connectivity index (χ2n) is 6.15. The fourth-order valence-corrected chi connectivity index (χ4v) is 2.82. The number of nitriles is 1. The molecule has 8 heteroatoms. The summed E-state index contributed by atoms with van der Waals surface area (Å²) in [7, 11) is 0. The number of hydrogen-bond acceptors (Lipinski definition) is 4. The standard InChI is InChI=1S/C21H15F3N2O3/c1-13-10-18(19(11-25)20(27)26-13)17-5-3-2-4-14(17)12-28-15-6-8-16(9-7-15)29-21(22,23)24/h2-10H,12H2,1H3,(H,26,27). The molecule has 3 aromatic rings. The minimum Gasteiger partial charge on any atom is -0.489 e. The number of alkyl halides is 3. The number of H-pyrrole nitrogens is 1. The maximum absolute atomic E-state index is 12.2. The van der Waals surface area contributed by atoms with Crippen LogP contribution >= 0.6 is 0 Å². The number of nitrogens with one attached hydrogen (secondary N) is 1. The zero-order valence-electron chi connectivity index (χ0n) is 15.2. The summed E-state index contributed by atoms with van der Waals surface area (Å²) < 4.78 is 46.2. The molecule has 1 heterocycles. The van der Waals surface area contributed by atoms with Crippen LogP contribution in [0.5, 0.6) is 11.5 Å². The van der Waals surface area contributed by atoms with Crippen LogP contribution in [0.2, 0.25) is 0 Å². The third-order valence-corrected chi connectivity index (χ3v) is 4.04. The van der Waals surface area contributed by atoms with E-state index in [1.165, 1.54) is 12.1 Å². The van der Waals surface area contributed by atoms with Crippen molar-refractivity contribution in [2.24, 2.45) is 0 Å². The molecule has 3 rings (SSSR count). The van der Waals surface area contributed by atoms with Gasteiger partial charge in [0, 0.05) is 11.3 Å². The normalized spacial score (nSPS) is 11.0. The summed E-state index contributed by atoms with van der Waals surface area (Å²) in [5.74, 6) is -0.000165. The fourth-order valence-electron chi connectivity index (χ4n) is 2.82. The van der Waals surface area contributed by atoms with Crippen molar-refractivity contribution in [1.82, 2.24) is 4.98 Å². The number of pyridine rings is 1. The number of aryl methyl sites for hydroxylation is 1. The summed E-state index contributed by atoms with van der Waals surface area (Å²) in [5, 5.41) is 9.36. The lowest BCUT2D eigenvalue weighted by Gasteiger charge is -2.13. The molecule has 0 unspecified atom stereocenters. The summed E-state index contributed by atoms with van der Waals surface area (Å²) in [5.41, 5.74) is 2.00. The van der Waals surface area contributed by atoms with Crippen LogP contribution in [0.1, 0.15) is 16.8 Å². The van der Waals surface area contributed by atoms with E-state index < -0.39 is 11.9 Å². The molecule has 0 aliphatic rings. The van der Waals surface area contributed by atoms with Gasteiger partial charge in [0.1, 0.15) is 29.7 Å². The van der Waals surface area contributed by atoms with Crippen molar-refractivity contribution < 1.29 is 22.6 Å². The van der Waals surface area contributed by atoms with Crippen LogP contribution < -0.4 is 15.0 Å². The summed E-state index contributed by atoms with van der Waals surface area (Å²) >= 11 is 0. The highest BCUT2D eigenvalue weighted by molar-refractivity contribution is 5.73. The van der Waals surface area contributed by atoms with Crippen LogP contribution in [0, 0.1) is 18.3 Å². The highest BCUT2D eigenvalue weighted by Crippen LogP contribution is 2.28. The monoisotopic (exact) mass is 400 g/mol. The topological polar surface area (TPSA) is 75.1 Å². The summed E-state index contributed by atoms with van der Waals surface area (Å²) in [6, 6.07) is 15.8. The lowest BCUT2D eigenvalue weighted by atomic mass is 9.96. The number of halogens is 3. The Morgan fingerprint density at radius 3 is 2.34 bits per heavy atom. The smallest absolute Gasteiger partial charge is 0.489 e. The Hall–Kier alpha value is -3.73. The van der Waals surface area contributed by atoms with E-state index in [1.54, 1.807) is 37.3 Å². The quantitative estimate of drug-likeness (QED) is 0.674. The van der Waals surface area contributed by atoms with Gasteiger partial charge in [-0.2, -0.15) is 5.26 Å². The van der Waals surface area contributed by atoms with Crippen LogP contribution in [-0.2, 0) is 6.61 Å². The fraction of sp³-hybridized carbons (Fsp3) is 0.143. The first-order valence-electron chi connectivity index (χ1n) is 8.48. The molecular formula is C21H15F3N2O3. The van der Waals surface area contributed by atoms with Gasteiger partial charge in [-0.05, 0) is 48.4 Å². The van der Waals surface area contributed by atoms with E-state index in [0.717, 1.165) is 12.1 Å². The Bertz CT molecular complexity index is 1110. The molecule has 148 valence electrons. The summed E-state index contributed by atoms with van der Waals surface area (Å²) in [4.78, 5) is 14.7. The van der Waals surface area contributed by atoms with Gasteiger partial charge in [-0.25, -0.2) is 0 Å². The highest BCUT2D eigenvalue weighted by atomic mass is 19.4. The van der Waals surface area contributed by atoms with Gasteiger partial charge in [0.25, 0.3) is 5.56 Å². The molecule has 2 aromatic carbocycles. The molecule has 0 saturated heterocycles. The molecular weight excluding hydrogens is 385 g/mol. The van der Waals surface area contributed by atoms with Crippen LogP contribution in [-0.4, -0.2) is 11.3 Å². The number of aromatic nitrogens is 1. The second kappa shape index (κ2) is 8.10. The molecule has 0 saturated carbocycles. The first-order chi connectivity index (χ1) is 13.8. The maximum atomic E-state index is 12.2. The van der Waals surface area contributed by atoms with E-state index in [1.807, 2.05) is 6.07 Å². The van der Waals surface area contributed by atoms with Gasteiger partial charge in [0.2, 0.25) is 0 Å². The molecule has 0 radical (unpaired) electrons. The van der Waals surface area contributed by atoms with Crippen molar-refractivity contribution >= 4 is 0 Å². The van der Waals surface area contributed by atoms with Crippen molar-refractivity contribution in [1.29, 1.82) is 5.26 Å². The van der Waals surface area contributed by atoms with Gasteiger partial charge >= 0.3 is 6.36 Å². The van der Waals surface area contributed by atoms with E-state index in [0.29, 0.717) is 28.1 Å². The number of benzene rings is 2. The van der Waals surface area contributed by atoms with Crippen LogP contribution in [0.15, 0.2) is 59.4 Å². The molecule has 0 aliphatic heterocycles. The predicted molar refractivity (Wildman–Crippen MR) is 99.4 cm³/mol. The van der Waals surface area contributed by atoms with E-state index >= 15 is 0 Å². The minimum absolute atomic E-state index is 0.00305. The van der Waals surface area contributed by atoms with Crippen LogP contribution in [0.25, 0.3) is 11.1 Å². The van der Waals surface area contributed by atoms with Crippen LogP contribution in [0.3, 0.4) is 0 Å². The van der Waals surface area contributed by atoms with Crippen LogP contribution in [0.4, 0.5) is 13.2 Å². The Labute approximate surface area is 164 Å². The largest absolute Gasteiger partial charge is 0.573 e. The van der Waals surface area contributed by atoms with E-state index in [2.05, 4.69) is 9.72 Å². The molecule has 1 N–H and O–H groups in total. The zero-order valence-corrected chi connectivity index (χ0v) is 15.2. The molecule has 0 spiro atoms. The summed E-state index contributed by atoms with van der Waals surface area (Å²) in [6.45, 7) is 1.81. The van der Waals surface area contributed by atoms with Gasteiger partial charge in [-0.15, -0.1) is 13.2 Å². The number of aromatic amines is 1.